The summed E-state index contributed by atoms with van der Waals surface area (Å²) in [5.41, 5.74) is 4.42. The van der Waals surface area contributed by atoms with Crippen molar-refractivity contribution in [2.75, 3.05) is 19.8 Å². The fourth-order valence-electron chi connectivity index (χ4n) is 2.39. The van der Waals surface area contributed by atoms with Gasteiger partial charge in [0.2, 0.25) is 0 Å². The summed E-state index contributed by atoms with van der Waals surface area (Å²) in [6.45, 7) is 2.66. The fraction of sp³-hybridized carbons (Fsp3) is 0.500. The van der Waals surface area contributed by atoms with E-state index >= 15 is 0 Å². The zero-order valence-corrected chi connectivity index (χ0v) is 14.4. The van der Waals surface area contributed by atoms with E-state index in [1.165, 1.54) is 0 Å². The molecule has 7 nitrogen and oxygen atoms in total. The summed E-state index contributed by atoms with van der Waals surface area (Å²) in [7, 11) is 0. The number of hydrogen-bond donors (Lipinski definition) is 1. The monoisotopic (exact) mass is 348 g/mol. The summed E-state index contributed by atoms with van der Waals surface area (Å²) in [6.07, 6.45) is 3.97. The molecule has 1 N–H and O–H groups in total. The van der Waals surface area contributed by atoms with E-state index in [0.29, 0.717) is 18.1 Å². The van der Waals surface area contributed by atoms with Crippen molar-refractivity contribution in [1.82, 2.24) is 5.43 Å². The average Bonchev–Trinajstić information content (AvgIpc) is 2.65. The van der Waals surface area contributed by atoms with Crippen molar-refractivity contribution in [3.05, 3.63) is 29.8 Å². The summed E-state index contributed by atoms with van der Waals surface area (Å²) in [5.74, 6) is 0.136. The van der Waals surface area contributed by atoms with Crippen LogP contribution in [0.2, 0.25) is 0 Å². The Labute approximate surface area is 147 Å². The molecule has 1 aromatic rings. The quantitative estimate of drug-likeness (QED) is 0.318. The molecule has 0 aromatic heterocycles. The maximum atomic E-state index is 11.3. The molecule has 0 bridgehead atoms. The number of ether oxygens (including phenoxy) is 3. The van der Waals surface area contributed by atoms with Crippen LogP contribution in [0.5, 0.6) is 5.75 Å². The molecule has 1 unspecified atom stereocenters. The normalized spacial score (nSPS) is 17.6. The summed E-state index contributed by atoms with van der Waals surface area (Å²) in [6, 6.07) is 7.05. The number of benzene rings is 1. The van der Waals surface area contributed by atoms with Gasteiger partial charge in [0, 0.05) is 13.0 Å². The van der Waals surface area contributed by atoms with Gasteiger partial charge in [0.25, 0.3) is 0 Å². The van der Waals surface area contributed by atoms with E-state index in [-0.39, 0.29) is 19.3 Å². The van der Waals surface area contributed by atoms with E-state index in [1.807, 2.05) is 0 Å². The SMILES string of the molecule is CCOC(=O)COc1ccc(/C(CC=O)=N/NC2CCCCO2)cc1. The van der Waals surface area contributed by atoms with E-state index in [2.05, 4.69) is 10.5 Å². The predicted molar refractivity (Wildman–Crippen MR) is 92.5 cm³/mol. The molecule has 25 heavy (non-hydrogen) atoms. The van der Waals surface area contributed by atoms with Crippen molar-refractivity contribution in [3.63, 3.8) is 0 Å². The second-order valence-electron chi connectivity index (χ2n) is 5.53. The van der Waals surface area contributed by atoms with Crippen LogP contribution < -0.4 is 10.2 Å². The largest absolute Gasteiger partial charge is 0.482 e. The molecular formula is C18H24N2O5. The van der Waals surface area contributed by atoms with Crippen LogP contribution in [0.1, 0.15) is 38.2 Å². The van der Waals surface area contributed by atoms with Crippen molar-refractivity contribution >= 4 is 18.0 Å². The fourth-order valence-corrected chi connectivity index (χ4v) is 2.39. The molecule has 0 radical (unpaired) electrons. The Morgan fingerprint density at radius 3 is 2.80 bits per heavy atom. The van der Waals surface area contributed by atoms with Gasteiger partial charge in [0.05, 0.1) is 12.3 Å². The molecule has 136 valence electrons. The lowest BCUT2D eigenvalue weighted by atomic mass is 10.1. The maximum Gasteiger partial charge on any atom is 0.344 e. The van der Waals surface area contributed by atoms with Crippen LogP contribution in [0, 0.1) is 0 Å². The highest BCUT2D eigenvalue weighted by atomic mass is 16.6. The number of nitrogens with one attached hydrogen (secondary N) is 1. The second kappa shape index (κ2) is 10.5. The van der Waals surface area contributed by atoms with Gasteiger partial charge < -0.3 is 19.0 Å². The molecule has 1 fully saturated rings. The topological polar surface area (TPSA) is 86.2 Å². The molecule has 1 aliphatic rings. The average molecular weight is 348 g/mol. The standard InChI is InChI=1S/C18H24N2O5/c1-2-23-18(22)13-25-15-8-6-14(7-9-15)16(10-11-21)19-20-17-5-3-4-12-24-17/h6-9,11,17,20H,2-5,10,12-13H2,1H3/b19-16+. The lowest BCUT2D eigenvalue weighted by molar-refractivity contribution is -0.145. The molecule has 2 rings (SSSR count). The van der Waals surface area contributed by atoms with Crippen molar-refractivity contribution in [3.8, 4) is 5.75 Å². The Kier molecular flexibility index (Phi) is 7.91. The van der Waals surface area contributed by atoms with E-state index in [1.54, 1.807) is 31.2 Å². The zero-order valence-electron chi connectivity index (χ0n) is 14.4. The molecule has 1 atom stereocenters. The third-order valence-corrected chi connectivity index (χ3v) is 3.65. The smallest absolute Gasteiger partial charge is 0.344 e. The van der Waals surface area contributed by atoms with Crippen LogP contribution in [0.4, 0.5) is 0 Å². The van der Waals surface area contributed by atoms with Gasteiger partial charge in [0.1, 0.15) is 18.3 Å². The van der Waals surface area contributed by atoms with Gasteiger partial charge in [0.15, 0.2) is 6.61 Å². The number of aldehydes is 1. The maximum absolute atomic E-state index is 11.3. The molecule has 0 spiro atoms. The molecule has 0 saturated carbocycles. The third-order valence-electron chi connectivity index (χ3n) is 3.65. The Morgan fingerprint density at radius 2 is 2.16 bits per heavy atom. The molecule has 7 heteroatoms. The molecular weight excluding hydrogens is 324 g/mol. The first-order valence-electron chi connectivity index (χ1n) is 8.49. The first-order chi connectivity index (χ1) is 12.2. The highest BCUT2D eigenvalue weighted by Gasteiger charge is 2.13. The van der Waals surface area contributed by atoms with E-state index in [0.717, 1.165) is 37.7 Å². The zero-order chi connectivity index (χ0) is 17.9. The predicted octanol–water partition coefficient (Wildman–Crippen LogP) is 2.04. The second-order valence-corrected chi connectivity index (χ2v) is 5.53. The summed E-state index contributed by atoms with van der Waals surface area (Å²) < 4.78 is 15.7. The minimum atomic E-state index is -0.411. The minimum absolute atomic E-state index is 0.109. The number of hydrazone groups is 1. The number of nitrogens with zero attached hydrogens (tertiary/aromatic N) is 1. The van der Waals surface area contributed by atoms with E-state index in [4.69, 9.17) is 14.2 Å². The van der Waals surface area contributed by atoms with Gasteiger partial charge in [-0.1, -0.05) is 0 Å². The van der Waals surface area contributed by atoms with Crippen LogP contribution >= 0.6 is 0 Å². The highest BCUT2D eigenvalue weighted by molar-refractivity contribution is 6.06. The molecule has 0 aliphatic carbocycles. The van der Waals surface area contributed by atoms with Crippen molar-refractivity contribution in [2.45, 2.75) is 38.8 Å². The van der Waals surface area contributed by atoms with Gasteiger partial charge in [-0.25, -0.2) is 4.79 Å². The third kappa shape index (κ3) is 6.54. The van der Waals surface area contributed by atoms with Crippen LogP contribution in [0.25, 0.3) is 0 Å². The van der Waals surface area contributed by atoms with Crippen molar-refractivity contribution in [1.29, 1.82) is 0 Å². The van der Waals surface area contributed by atoms with Crippen LogP contribution in [-0.2, 0) is 19.1 Å². The molecule has 1 heterocycles. The van der Waals surface area contributed by atoms with E-state index in [9.17, 15) is 9.59 Å². The van der Waals surface area contributed by atoms with Crippen LogP contribution in [0.15, 0.2) is 29.4 Å². The highest BCUT2D eigenvalue weighted by Crippen LogP contribution is 2.15. The van der Waals surface area contributed by atoms with Gasteiger partial charge in [-0.3, -0.25) is 5.43 Å². The lowest BCUT2D eigenvalue weighted by Gasteiger charge is -2.22. The number of esters is 1. The Bertz CT molecular complexity index is 580. The Balaban J connectivity index is 1.95. The molecule has 1 saturated heterocycles. The summed E-state index contributed by atoms with van der Waals surface area (Å²) >= 11 is 0. The Morgan fingerprint density at radius 1 is 1.36 bits per heavy atom. The first-order valence-corrected chi connectivity index (χ1v) is 8.49. The summed E-state index contributed by atoms with van der Waals surface area (Å²) in [4.78, 5) is 22.2. The van der Waals surface area contributed by atoms with Gasteiger partial charge in [-0.2, -0.15) is 5.10 Å². The number of carbonyl (C=O) groups excluding carboxylic acids is 2. The minimum Gasteiger partial charge on any atom is -0.482 e. The van der Waals surface area contributed by atoms with Gasteiger partial charge in [-0.05, 0) is 56.0 Å². The van der Waals surface area contributed by atoms with E-state index < -0.39 is 5.97 Å². The first kappa shape index (κ1) is 18.9. The lowest BCUT2D eigenvalue weighted by Crippen LogP contribution is -2.32. The van der Waals surface area contributed by atoms with Crippen molar-refractivity contribution in [2.24, 2.45) is 5.10 Å². The molecule has 0 amide bonds. The van der Waals surface area contributed by atoms with Crippen LogP contribution in [-0.4, -0.2) is 44.0 Å². The Hall–Kier alpha value is -2.41. The number of hydrogen-bond acceptors (Lipinski definition) is 7. The van der Waals surface area contributed by atoms with Crippen LogP contribution in [0.3, 0.4) is 0 Å². The molecule has 1 aliphatic heterocycles. The van der Waals surface area contributed by atoms with Crippen molar-refractivity contribution < 1.29 is 23.8 Å². The molecule has 1 aromatic carbocycles. The van der Waals surface area contributed by atoms with Gasteiger partial charge in [-0.15, -0.1) is 0 Å². The number of carbonyl (C=O) groups is 2. The summed E-state index contributed by atoms with van der Waals surface area (Å²) in [5, 5.41) is 4.33. The number of rotatable bonds is 9. The van der Waals surface area contributed by atoms with Gasteiger partial charge >= 0.3 is 5.97 Å².